The fraction of sp³-hybridized carbons (Fsp3) is 0.286. The Balaban J connectivity index is 1.89. The zero-order valence-electron chi connectivity index (χ0n) is 15.8. The van der Waals surface area contributed by atoms with Gasteiger partial charge in [-0.05, 0) is 23.6 Å². The summed E-state index contributed by atoms with van der Waals surface area (Å²) in [6.07, 6.45) is 0.149. The fourth-order valence-electron chi connectivity index (χ4n) is 3.37. The number of anilines is 2. The van der Waals surface area contributed by atoms with Crippen molar-refractivity contribution in [3.8, 4) is 0 Å². The van der Waals surface area contributed by atoms with Crippen molar-refractivity contribution in [1.82, 2.24) is 5.32 Å². The molecule has 0 bridgehead atoms. The summed E-state index contributed by atoms with van der Waals surface area (Å²) < 4.78 is 0. The summed E-state index contributed by atoms with van der Waals surface area (Å²) in [4.78, 5) is 38.8. The summed E-state index contributed by atoms with van der Waals surface area (Å²) in [5, 5.41) is 15.0. The van der Waals surface area contributed by atoms with E-state index in [1.807, 2.05) is 44.2 Å². The van der Waals surface area contributed by atoms with E-state index in [2.05, 4.69) is 10.6 Å². The van der Waals surface area contributed by atoms with Gasteiger partial charge in [0.1, 0.15) is 12.1 Å². The molecular formula is C21H23N3O4. The summed E-state index contributed by atoms with van der Waals surface area (Å²) in [5.74, 6) is -1.58. The van der Waals surface area contributed by atoms with Crippen LogP contribution >= 0.6 is 0 Å². The molecule has 28 heavy (non-hydrogen) atoms. The van der Waals surface area contributed by atoms with Crippen molar-refractivity contribution in [2.24, 2.45) is 5.92 Å². The van der Waals surface area contributed by atoms with Gasteiger partial charge >= 0.3 is 12.0 Å². The number of nitrogens with one attached hydrogen (secondary N) is 2. The highest BCUT2D eigenvalue weighted by atomic mass is 16.4. The molecule has 3 rings (SSSR count). The van der Waals surface area contributed by atoms with Gasteiger partial charge in [0.15, 0.2) is 0 Å². The first kappa shape index (κ1) is 19.4. The van der Waals surface area contributed by atoms with E-state index in [9.17, 15) is 19.5 Å². The summed E-state index contributed by atoms with van der Waals surface area (Å²) in [7, 11) is 0. The van der Waals surface area contributed by atoms with Crippen LogP contribution in [0, 0.1) is 5.92 Å². The number of carboxylic acid groups (broad SMARTS) is 1. The van der Waals surface area contributed by atoms with Crippen molar-refractivity contribution in [3.05, 3.63) is 60.2 Å². The molecule has 2 aromatic carbocycles. The van der Waals surface area contributed by atoms with Crippen molar-refractivity contribution in [1.29, 1.82) is 0 Å². The number of carbonyl (C=O) groups excluding carboxylic acids is 2. The van der Waals surface area contributed by atoms with E-state index in [1.165, 1.54) is 4.90 Å². The highest BCUT2D eigenvalue weighted by Crippen LogP contribution is 2.34. The van der Waals surface area contributed by atoms with Crippen molar-refractivity contribution in [3.63, 3.8) is 0 Å². The third-order valence-electron chi connectivity index (χ3n) is 4.70. The van der Waals surface area contributed by atoms with Crippen LogP contribution in [-0.2, 0) is 16.0 Å². The Morgan fingerprint density at radius 3 is 2.39 bits per heavy atom. The van der Waals surface area contributed by atoms with Gasteiger partial charge in [0.2, 0.25) is 5.91 Å². The minimum Gasteiger partial charge on any atom is -0.480 e. The standard InChI is InChI=1S/C21H23N3O4/c1-13(2)18-19(25)22-15-10-6-7-11-17(15)24(18)21(28)23-16(20(26)27)12-14-8-4-3-5-9-14/h3-11,13,16,18H,12H2,1-2H3,(H,22,25)(H,23,28)(H,26,27)/t16-,18+/m1/s1. The van der Waals surface area contributed by atoms with Gasteiger partial charge in [-0.25, -0.2) is 9.59 Å². The number of hydrogen-bond donors (Lipinski definition) is 3. The van der Waals surface area contributed by atoms with Gasteiger partial charge in [0, 0.05) is 6.42 Å². The lowest BCUT2D eigenvalue weighted by molar-refractivity contribution is -0.139. The molecule has 0 saturated heterocycles. The van der Waals surface area contributed by atoms with E-state index in [4.69, 9.17) is 0 Å². The van der Waals surface area contributed by atoms with Crippen molar-refractivity contribution < 1.29 is 19.5 Å². The first-order valence-electron chi connectivity index (χ1n) is 9.15. The molecule has 1 aliphatic heterocycles. The lowest BCUT2D eigenvalue weighted by Crippen LogP contribution is -2.59. The maximum Gasteiger partial charge on any atom is 0.326 e. The Morgan fingerprint density at radius 1 is 1.11 bits per heavy atom. The maximum atomic E-state index is 13.1. The van der Waals surface area contributed by atoms with Crippen molar-refractivity contribution in [2.75, 3.05) is 10.2 Å². The molecule has 3 N–H and O–H groups in total. The fourth-order valence-corrected chi connectivity index (χ4v) is 3.37. The van der Waals surface area contributed by atoms with Crippen molar-refractivity contribution in [2.45, 2.75) is 32.4 Å². The van der Waals surface area contributed by atoms with Gasteiger partial charge in [-0.3, -0.25) is 9.69 Å². The van der Waals surface area contributed by atoms with E-state index in [1.54, 1.807) is 24.3 Å². The highest BCUT2D eigenvalue weighted by Gasteiger charge is 2.39. The van der Waals surface area contributed by atoms with E-state index < -0.39 is 24.1 Å². The topological polar surface area (TPSA) is 98.7 Å². The number of urea groups is 1. The van der Waals surface area contributed by atoms with Crippen LogP contribution in [-0.4, -0.2) is 35.1 Å². The number of nitrogens with zero attached hydrogens (tertiary/aromatic N) is 1. The van der Waals surface area contributed by atoms with E-state index in [0.29, 0.717) is 11.4 Å². The van der Waals surface area contributed by atoms with Crippen molar-refractivity contribution >= 4 is 29.3 Å². The molecule has 3 amide bonds. The van der Waals surface area contributed by atoms with E-state index in [-0.39, 0.29) is 18.2 Å². The SMILES string of the molecule is CC(C)[C@H]1C(=O)Nc2ccccc2N1C(=O)N[C@H](Cc1ccccc1)C(=O)O. The van der Waals surface area contributed by atoms with Crippen LogP contribution in [0.1, 0.15) is 19.4 Å². The molecule has 2 aromatic rings. The van der Waals surface area contributed by atoms with Crippen LogP contribution < -0.4 is 15.5 Å². The first-order valence-corrected chi connectivity index (χ1v) is 9.15. The Bertz CT molecular complexity index is 882. The molecule has 0 aliphatic carbocycles. The molecule has 0 aromatic heterocycles. The molecule has 7 heteroatoms. The van der Waals surface area contributed by atoms with Gasteiger partial charge in [-0.2, -0.15) is 0 Å². The number of para-hydroxylation sites is 2. The van der Waals surface area contributed by atoms with Crippen LogP contribution in [0.15, 0.2) is 54.6 Å². The molecule has 0 fully saturated rings. The number of benzene rings is 2. The smallest absolute Gasteiger partial charge is 0.326 e. The Labute approximate surface area is 163 Å². The number of carboxylic acids is 1. The molecule has 146 valence electrons. The van der Waals surface area contributed by atoms with E-state index in [0.717, 1.165) is 5.56 Å². The normalized spacial score (nSPS) is 16.9. The number of amides is 3. The van der Waals surface area contributed by atoms with Crippen LogP contribution in [0.5, 0.6) is 0 Å². The molecule has 7 nitrogen and oxygen atoms in total. The van der Waals surface area contributed by atoms with Crippen LogP contribution in [0.25, 0.3) is 0 Å². The average molecular weight is 381 g/mol. The van der Waals surface area contributed by atoms with Gasteiger partial charge in [0.05, 0.1) is 11.4 Å². The minimum absolute atomic E-state index is 0.149. The van der Waals surface area contributed by atoms with Gasteiger partial charge < -0.3 is 15.7 Å². The quantitative estimate of drug-likeness (QED) is 0.742. The zero-order valence-corrected chi connectivity index (χ0v) is 15.8. The molecule has 0 saturated carbocycles. The Kier molecular flexibility index (Phi) is 5.63. The molecule has 0 unspecified atom stereocenters. The number of carbonyl (C=O) groups is 3. The lowest BCUT2D eigenvalue weighted by Gasteiger charge is -2.38. The monoisotopic (exact) mass is 381 g/mol. The average Bonchev–Trinajstić information content (AvgIpc) is 2.66. The van der Waals surface area contributed by atoms with Gasteiger partial charge in [0.25, 0.3) is 0 Å². The Hall–Kier alpha value is -3.35. The minimum atomic E-state index is -1.13. The van der Waals surface area contributed by atoms with Gasteiger partial charge in [-0.1, -0.05) is 56.3 Å². The highest BCUT2D eigenvalue weighted by molar-refractivity contribution is 6.12. The molecule has 1 heterocycles. The van der Waals surface area contributed by atoms with Gasteiger partial charge in [-0.15, -0.1) is 0 Å². The third-order valence-corrected chi connectivity index (χ3v) is 4.70. The molecule has 0 spiro atoms. The molecule has 0 radical (unpaired) electrons. The summed E-state index contributed by atoms with van der Waals surface area (Å²) in [6.45, 7) is 3.69. The summed E-state index contributed by atoms with van der Waals surface area (Å²) in [6, 6.07) is 13.6. The Morgan fingerprint density at radius 2 is 1.75 bits per heavy atom. The maximum absolute atomic E-state index is 13.1. The second kappa shape index (κ2) is 8.12. The second-order valence-electron chi connectivity index (χ2n) is 7.10. The zero-order chi connectivity index (χ0) is 20.3. The molecule has 2 atom stereocenters. The molecule has 1 aliphatic rings. The van der Waals surface area contributed by atoms with Crippen LogP contribution in [0.4, 0.5) is 16.2 Å². The van der Waals surface area contributed by atoms with Crippen LogP contribution in [0.2, 0.25) is 0 Å². The number of aliphatic carboxylic acids is 1. The summed E-state index contributed by atoms with van der Waals surface area (Å²) >= 11 is 0. The van der Waals surface area contributed by atoms with E-state index >= 15 is 0 Å². The number of fused-ring (bicyclic) bond motifs is 1. The van der Waals surface area contributed by atoms with Crippen LogP contribution in [0.3, 0.4) is 0 Å². The predicted octanol–water partition coefficient (Wildman–Crippen LogP) is 2.88. The lowest BCUT2D eigenvalue weighted by atomic mass is 9.98. The molecular weight excluding hydrogens is 358 g/mol. The third kappa shape index (κ3) is 3.98. The summed E-state index contributed by atoms with van der Waals surface area (Å²) in [5.41, 5.74) is 1.86. The number of rotatable bonds is 5. The first-order chi connectivity index (χ1) is 13.4. The number of hydrogen-bond acceptors (Lipinski definition) is 3. The predicted molar refractivity (Wildman–Crippen MR) is 106 cm³/mol. The second-order valence-corrected chi connectivity index (χ2v) is 7.10. The largest absolute Gasteiger partial charge is 0.480 e.